The lowest BCUT2D eigenvalue weighted by atomic mass is 9.59. The van der Waals surface area contributed by atoms with E-state index < -0.39 is 0 Å². The first-order valence-electron chi connectivity index (χ1n) is 5.69. The molecule has 0 radical (unpaired) electrons. The van der Waals surface area contributed by atoms with Gasteiger partial charge in [-0.25, -0.2) is 0 Å². The van der Waals surface area contributed by atoms with Crippen molar-refractivity contribution in [1.82, 2.24) is 0 Å². The molecule has 88 valence electrons. The van der Waals surface area contributed by atoms with Crippen molar-refractivity contribution in [3.8, 4) is 5.75 Å². The summed E-state index contributed by atoms with van der Waals surface area (Å²) in [5.74, 6) is 0.935. The van der Waals surface area contributed by atoms with E-state index in [1.54, 1.807) is 13.2 Å². The molecule has 3 nitrogen and oxygen atoms in total. The van der Waals surface area contributed by atoms with Crippen LogP contribution in [-0.2, 0) is 10.2 Å². The normalized spacial score (nSPS) is 28.8. The van der Waals surface area contributed by atoms with E-state index in [-0.39, 0.29) is 5.41 Å². The average Bonchev–Trinajstić information content (AvgIpc) is 2.24. The molecule has 1 aromatic carbocycles. The highest BCUT2D eigenvalue weighted by Gasteiger charge is 2.46. The molecule has 0 bridgehead atoms. The van der Waals surface area contributed by atoms with Crippen molar-refractivity contribution in [3.63, 3.8) is 0 Å². The lowest BCUT2D eigenvalue weighted by Crippen LogP contribution is -2.47. The zero-order valence-electron chi connectivity index (χ0n) is 9.65. The zero-order chi connectivity index (χ0) is 11.6. The van der Waals surface area contributed by atoms with Crippen molar-refractivity contribution in [2.45, 2.75) is 18.3 Å². The molecule has 1 aromatic rings. The molecule has 0 saturated heterocycles. The molecule has 16 heavy (non-hydrogen) atoms. The summed E-state index contributed by atoms with van der Waals surface area (Å²) in [4.78, 5) is 0. The third kappa shape index (κ3) is 1.81. The summed E-state index contributed by atoms with van der Waals surface area (Å²) in [6, 6.07) is 7.53. The maximum atomic E-state index is 9.91. The molecular formula is C13H19NO2. The second kappa shape index (κ2) is 4.44. The van der Waals surface area contributed by atoms with Gasteiger partial charge in [0.15, 0.2) is 0 Å². The van der Waals surface area contributed by atoms with Crippen molar-refractivity contribution < 1.29 is 9.84 Å². The first kappa shape index (κ1) is 11.4. The van der Waals surface area contributed by atoms with E-state index in [1.165, 1.54) is 0 Å². The molecule has 1 fully saturated rings. The molecule has 3 heteroatoms. The van der Waals surface area contributed by atoms with E-state index in [0.717, 1.165) is 24.9 Å². The average molecular weight is 221 g/mol. The molecule has 0 aromatic heterocycles. The Morgan fingerprint density at radius 2 is 2.12 bits per heavy atom. The Hall–Kier alpha value is -1.06. The minimum absolute atomic E-state index is 0.0237. The SMILES string of the molecule is COCC1(c2ccccc2O)CC(CN)C1. The molecule has 0 heterocycles. The molecule has 1 aliphatic carbocycles. The lowest BCUT2D eigenvalue weighted by Gasteiger charge is -2.47. The maximum Gasteiger partial charge on any atom is 0.119 e. The Balaban J connectivity index is 2.24. The Kier molecular flexibility index (Phi) is 3.17. The first-order chi connectivity index (χ1) is 7.72. The molecule has 0 amide bonds. The van der Waals surface area contributed by atoms with E-state index in [1.807, 2.05) is 18.2 Å². The van der Waals surface area contributed by atoms with Gasteiger partial charge in [-0.15, -0.1) is 0 Å². The highest BCUT2D eigenvalue weighted by Crippen LogP contribution is 2.49. The molecule has 2 rings (SSSR count). The van der Waals surface area contributed by atoms with Gasteiger partial charge >= 0.3 is 0 Å². The molecule has 0 unspecified atom stereocenters. The molecule has 1 aliphatic rings. The van der Waals surface area contributed by atoms with Gasteiger partial charge in [0, 0.05) is 18.1 Å². The van der Waals surface area contributed by atoms with Gasteiger partial charge in [0.25, 0.3) is 0 Å². The van der Waals surface area contributed by atoms with Crippen LogP contribution < -0.4 is 5.73 Å². The molecule has 3 N–H and O–H groups in total. The predicted molar refractivity (Wildman–Crippen MR) is 63.4 cm³/mol. The van der Waals surface area contributed by atoms with Crippen LogP contribution in [-0.4, -0.2) is 25.4 Å². The van der Waals surface area contributed by atoms with E-state index in [0.29, 0.717) is 18.3 Å². The Bertz CT molecular complexity index is 359. The number of aromatic hydroxyl groups is 1. The number of hydrogen-bond acceptors (Lipinski definition) is 3. The van der Waals surface area contributed by atoms with E-state index in [9.17, 15) is 5.11 Å². The van der Waals surface area contributed by atoms with Crippen molar-refractivity contribution >= 4 is 0 Å². The number of para-hydroxylation sites is 1. The number of benzene rings is 1. The van der Waals surface area contributed by atoms with E-state index in [2.05, 4.69) is 0 Å². The fraction of sp³-hybridized carbons (Fsp3) is 0.538. The van der Waals surface area contributed by atoms with Crippen molar-refractivity contribution in [2.24, 2.45) is 11.7 Å². The van der Waals surface area contributed by atoms with Crippen molar-refractivity contribution in [2.75, 3.05) is 20.3 Å². The van der Waals surface area contributed by atoms with Crippen LogP contribution in [0.2, 0.25) is 0 Å². The molecule has 0 spiro atoms. The van der Waals surface area contributed by atoms with Crippen LogP contribution in [0.15, 0.2) is 24.3 Å². The van der Waals surface area contributed by atoms with Crippen LogP contribution in [0.25, 0.3) is 0 Å². The fourth-order valence-electron chi connectivity index (χ4n) is 2.83. The van der Waals surface area contributed by atoms with Crippen LogP contribution in [0.1, 0.15) is 18.4 Å². The Morgan fingerprint density at radius 1 is 1.44 bits per heavy atom. The van der Waals surface area contributed by atoms with E-state index in [4.69, 9.17) is 10.5 Å². The number of phenolic OH excluding ortho intramolecular Hbond substituents is 1. The monoisotopic (exact) mass is 221 g/mol. The summed E-state index contributed by atoms with van der Waals surface area (Å²) in [5, 5.41) is 9.91. The topological polar surface area (TPSA) is 55.5 Å². The number of nitrogens with two attached hydrogens (primary N) is 1. The van der Waals surface area contributed by atoms with Gasteiger partial charge in [-0.2, -0.15) is 0 Å². The second-order valence-corrected chi connectivity index (χ2v) is 4.74. The van der Waals surface area contributed by atoms with Crippen LogP contribution in [0.3, 0.4) is 0 Å². The summed E-state index contributed by atoms with van der Waals surface area (Å²) in [6.07, 6.45) is 2.02. The standard InChI is InChI=1S/C13H19NO2/c1-16-9-13(6-10(7-13)8-14)11-4-2-3-5-12(11)15/h2-5,10,15H,6-9,14H2,1H3. The fourth-order valence-corrected chi connectivity index (χ4v) is 2.83. The van der Waals surface area contributed by atoms with Crippen LogP contribution in [0, 0.1) is 5.92 Å². The quantitative estimate of drug-likeness (QED) is 0.812. The number of rotatable bonds is 4. The largest absolute Gasteiger partial charge is 0.508 e. The predicted octanol–water partition coefficient (Wildman–Crippen LogP) is 1.65. The smallest absolute Gasteiger partial charge is 0.119 e. The van der Waals surface area contributed by atoms with Gasteiger partial charge in [0.1, 0.15) is 5.75 Å². The molecule has 0 atom stereocenters. The van der Waals surface area contributed by atoms with Crippen LogP contribution in [0.5, 0.6) is 5.75 Å². The highest BCUT2D eigenvalue weighted by molar-refractivity contribution is 5.40. The zero-order valence-corrected chi connectivity index (χ0v) is 9.65. The minimum Gasteiger partial charge on any atom is -0.508 e. The Morgan fingerprint density at radius 3 is 2.69 bits per heavy atom. The first-order valence-corrected chi connectivity index (χ1v) is 5.69. The molecule has 0 aliphatic heterocycles. The highest BCUT2D eigenvalue weighted by atomic mass is 16.5. The maximum absolute atomic E-state index is 9.91. The number of hydrogen-bond donors (Lipinski definition) is 2. The van der Waals surface area contributed by atoms with Crippen LogP contribution >= 0.6 is 0 Å². The van der Waals surface area contributed by atoms with Gasteiger partial charge in [-0.3, -0.25) is 0 Å². The summed E-state index contributed by atoms with van der Waals surface area (Å²) < 4.78 is 5.30. The van der Waals surface area contributed by atoms with Crippen LogP contribution in [0.4, 0.5) is 0 Å². The summed E-state index contributed by atoms with van der Waals surface area (Å²) in [5.41, 5.74) is 6.64. The third-order valence-corrected chi connectivity index (χ3v) is 3.59. The van der Waals surface area contributed by atoms with Gasteiger partial charge in [-0.05, 0) is 31.4 Å². The third-order valence-electron chi connectivity index (χ3n) is 3.59. The lowest BCUT2D eigenvalue weighted by molar-refractivity contribution is 0.0407. The summed E-state index contributed by atoms with van der Waals surface area (Å²) >= 11 is 0. The van der Waals surface area contributed by atoms with Crippen molar-refractivity contribution in [1.29, 1.82) is 0 Å². The van der Waals surface area contributed by atoms with Gasteiger partial charge in [0.05, 0.1) is 6.61 Å². The van der Waals surface area contributed by atoms with Crippen molar-refractivity contribution in [3.05, 3.63) is 29.8 Å². The molecule has 1 saturated carbocycles. The number of methoxy groups -OCH3 is 1. The summed E-state index contributed by atoms with van der Waals surface area (Å²) in [6.45, 7) is 1.38. The van der Waals surface area contributed by atoms with E-state index >= 15 is 0 Å². The number of phenols is 1. The number of ether oxygens (including phenoxy) is 1. The summed E-state index contributed by atoms with van der Waals surface area (Å²) in [7, 11) is 1.71. The van der Waals surface area contributed by atoms with Gasteiger partial charge in [0.2, 0.25) is 0 Å². The van der Waals surface area contributed by atoms with Gasteiger partial charge < -0.3 is 15.6 Å². The Labute approximate surface area is 96.2 Å². The molecular weight excluding hydrogens is 202 g/mol. The minimum atomic E-state index is -0.0237. The second-order valence-electron chi connectivity index (χ2n) is 4.74. The van der Waals surface area contributed by atoms with Gasteiger partial charge in [-0.1, -0.05) is 18.2 Å².